The molecule has 0 bridgehead atoms. The highest BCUT2D eigenvalue weighted by molar-refractivity contribution is 6.03. The van der Waals surface area contributed by atoms with Crippen molar-refractivity contribution < 1.29 is 14.3 Å². The molecule has 3 rings (SSSR count). The van der Waals surface area contributed by atoms with Crippen molar-refractivity contribution in [1.82, 2.24) is 0 Å². The van der Waals surface area contributed by atoms with Crippen molar-refractivity contribution in [3.63, 3.8) is 0 Å². The lowest BCUT2D eigenvalue weighted by Gasteiger charge is -2.17. The Hall–Kier alpha value is -2.20. The van der Waals surface area contributed by atoms with E-state index in [1.165, 1.54) is 12.1 Å². The molecule has 2 atom stereocenters. The Balaban J connectivity index is 2.13. The van der Waals surface area contributed by atoms with Crippen molar-refractivity contribution in [3.8, 4) is 0 Å². The SMILES string of the molecule is CCC1C(=O)Nc2c1cc(F)cc2C(O)c1ccccc1C. The van der Waals surface area contributed by atoms with E-state index in [0.29, 0.717) is 28.8 Å². The molecule has 0 aromatic heterocycles. The summed E-state index contributed by atoms with van der Waals surface area (Å²) < 4.78 is 14.0. The van der Waals surface area contributed by atoms with Gasteiger partial charge in [0.1, 0.15) is 11.9 Å². The van der Waals surface area contributed by atoms with Gasteiger partial charge in [-0.2, -0.15) is 0 Å². The molecule has 0 saturated carbocycles. The first-order valence-electron chi connectivity index (χ1n) is 7.40. The molecule has 4 heteroatoms. The maximum absolute atomic E-state index is 14.0. The van der Waals surface area contributed by atoms with Gasteiger partial charge in [-0.3, -0.25) is 4.79 Å². The van der Waals surface area contributed by atoms with E-state index >= 15 is 0 Å². The molecule has 114 valence electrons. The summed E-state index contributed by atoms with van der Waals surface area (Å²) in [6, 6.07) is 10.1. The number of aliphatic hydroxyl groups excluding tert-OH is 1. The predicted octanol–water partition coefficient (Wildman–Crippen LogP) is 3.66. The minimum absolute atomic E-state index is 0.138. The number of aliphatic hydroxyl groups is 1. The summed E-state index contributed by atoms with van der Waals surface area (Å²) in [4.78, 5) is 12.0. The van der Waals surface area contributed by atoms with E-state index in [1.807, 2.05) is 38.1 Å². The summed E-state index contributed by atoms with van der Waals surface area (Å²) in [5.74, 6) is -0.925. The molecule has 1 aliphatic heterocycles. The fourth-order valence-corrected chi connectivity index (χ4v) is 3.10. The van der Waals surface area contributed by atoms with E-state index in [-0.39, 0.29) is 11.8 Å². The van der Waals surface area contributed by atoms with Crippen LogP contribution in [-0.2, 0) is 4.79 Å². The Labute approximate surface area is 128 Å². The number of aryl methyl sites for hydroxylation is 1. The molecule has 0 radical (unpaired) electrons. The number of nitrogens with one attached hydrogen (secondary N) is 1. The van der Waals surface area contributed by atoms with Gasteiger partial charge in [-0.1, -0.05) is 31.2 Å². The Bertz CT molecular complexity index is 742. The van der Waals surface area contributed by atoms with Crippen LogP contribution in [0.4, 0.5) is 10.1 Å². The summed E-state index contributed by atoms with van der Waals surface area (Å²) in [5.41, 5.74) is 3.23. The van der Waals surface area contributed by atoms with Crippen LogP contribution >= 0.6 is 0 Å². The predicted molar refractivity (Wildman–Crippen MR) is 83.3 cm³/mol. The van der Waals surface area contributed by atoms with E-state index < -0.39 is 11.9 Å². The topological polar surface area (TPSA) is 49.3 Å². The van der Waals surface area contributed by atoms with Gasteiger partial charge in [-0.25, -0.2) is 4.39 Å². The monoisotopic (exact) mass is 299 g/mol. The number of hydrogen-bond acceptors (Lipinski definition) is 2. The number of halogens is 1. The van der Waals surface area contributed by atoms with E-state index in [4.69, 9.17) is 0 Å². The average Bonchev–Trinajstić information content (AvgIpc) is 2.81. The zero-order valence-electron chi connectivity index (χ0n) is 12.6. The third kappa shape index (κ3) is 2.29. The van der Waals surface area contributed by atoms with Gasteiger partial charge in [-0.05, 0) is 42.2 Å². The second-order valence-corrected chi connectivity index (χ2v) is 5.67. The van der Waals surface area contributed by atoms with Crippen molar-refractivity contribution in [2.24, 2.45) is 0 Å². The van der Waals surface area contributed by atoms with E-state index in [1.54, 1.807) is 0 Å². The molecule has 2 unspecified atom stereocenters. The number of benzene rings is 2. The standard InChI is InChI=1S/C18H18FNO2/c1-3-12-14-8-11(19)9-15(16(14)20-18(12)22)17(21)13-7-5-4-6-10(13)2/h4-9,12,17,21H,3H2,1-2H3,(H,20,22). The van der Waals surface area contributed by atoms with Crippen LogP contribution in [-0.4, -0.2) is 11.0 Å². The summed E-state index contributed by atoms with van der Waals surface area (Å²) in [6.45, 7) is 3.78. The molecule has 2 N–H and O–H groups in total. The molecule has 1 heterocycles. The molecule has 0 fully saturated rings. The van der Waals surface area contributed by atoms with Gasteiger partial charge in [0.05, 0.1) is 11.6 Å². The Morgan fingerprint density at radius 1 is 1.27 bits per heavy atom. The highest BCUT2D eigenvalue weighted by atomic mass is 19.1. The number of rotatable bonds is 3. The highest BCUT2D eigenvalue weighted by Gasteiger charge is 2.33. The molecule has 1 amide bonds. The van der Waals surface area contributed by atoms with Crippen molar-refractivity contribution in [2.75, 3.05) is 5.32 Å². The number of anilines is 1. The molecule has 2 aromatic carbocycles. The van der Waals surface area contributed by atoms with Crippen LogP contribution in [0.3, 0.4) is 0 Å². The van der Waals surface area contributed by atoms with Crippen LogP contribution in [0.15, 0.2) is 36.4 Å². The minimum Gasteiger partial charge on any atom is -0.384 e. The minimum atomic E-state index is -0.971. The van der Waals surface area contributed by atoms with Crippen molar-refractivity contribution in [1.29, 1.82) is 0 Å². The molecular formula is C18H18FNO2. The molecule has 2 aromatic rings. The Morgan fingerprint density at radius 2 is 2.00 bits per heavy atom. The third-order valence-corrected chi connectivity index (χ3v) is 4.29. The fourth-order valence-electron chi connectivity index (χ4n) is 3.10. The number of hydrogen-bond donors (Lipinski definition) is 2. The molecule has 3 nitrogen and oxygen atoms in total. The molecule has 22 heavy (non-hydrogen) atoms. The van der Waals surface area contributed by atoms with E-state index in [0.717, 1.165) is 5.56 Å². The number of carbonyl (C=O) groups excluding carboxylic acids is 1. The number of fused-ring (bicyclic) bond motifs is 1. The Morgan fingerprint density at radius 3 is 2.68 bits per heavy atom. The second kappa shape index (κ2) is 5.54. The molecule has 0 saturated heterocycles. The molecular weight excluding hydrogens is 281 g/mol. The largest absolute Gasteiger partial charge is 0.384 e. The third-order valence-electron chi connectivity index (χ3n) is 4.29. The lowest BCUT2D eigenvalue weighted by Crippen LogP contribution is -2.11. The van der Waals surface area contributed by atoms with Gasteiger partial charge < -0.3 is 10.4 Å². The highest BCUT2D eigenvalue weighted by Crippen LogP contribution is 2.41. The summed E-state index contributed by atoms with van der Waals surface area (Å²) in [7, 11) is 0. The Kier molecular flexibility index (Phi) is 3.71. The molecule has 0 aliphatic carbocycles. The van der Waals surface area contributed by atoms with Crippen molar-refractivity contribution in [3.05, 3.63) is 64.5 Å². The normalized spacial score (nSPS) is 18.0. The summed E-state index contributed by atoms with van der Waals surface area (Å²) in [6.07, 6.45) is -0.371. The average molecular weight is 299 g/mol. The molecule has 1 aliphatic rings. The number of amides is 1. The smallest absolute Gasteiger partial charge is 0.232 e. The maximum atomic E-state index is 14.0. The van der Waals surface area contributed by atoms with Crippen LogP contribution in [0, 0.1) is 12.7 Å². The van der Waals surface area contributed by atoms with Gasteiger partial charge in [-0.15, -0.1) is 0 Å². The maximum Gasteiger partial charge on any atom is 0.232 e. The van der Waals surface area contributed by atoms with Gasteiger partial charge in [0, 0.05) is 5.56 Å². The van der Waals surface area contributed by atoms with Gasteiger partial charge in [0.2, 0.25) is 5.91 Å². The molecule has 0 spiro atoms. The van der Waals surface area contributed by atoms with Gasteiger partial charge in [0.15, 0.2) is 0 Å². The van der Waals surface area contributed by atoms with E-state index in [2.05, 4.69) is 5.32 Å². The van der Waals surface area contributed by atoms with Crippen LogP contribution in [0.25, 0.3) is 0 Å². The zero-order chi connectivity index (χ0) is 15.9. The van der Waals surface area contributed by atoms with Gasteiger partial charge >= 0.3 is 0 Å². The first-order valence-corrected chi connectivity index (χ1v) is 7.40. The van der Waals surface area contributed by atoms with Crippen LogP contribution < -0.4 is 5.32 Å². The summed E-state index contributed by atoms with van der Waals surface area (Å²) in [5, 5.41) is 13.5. The zero-order valence-corrected chi connectivity index (χ0v) is 12.6. The first-order chi connectivity index (χ1) is 10.5. The lowest BCUT2D eigenvalue weighted by molar-refractivity contribution is -0.117. The second-order valence-electron chi connectivity index (χ2n) is 5.67. The van der Waals surface area contributed by atoms with Crippen molar-refractivity contribution in [2.45, 2.75) is 32.3 Å². The van der Waals surface area contributed by atoms with Crippen molar-refractivity contribution >= 4 is 11.6 Å². The van der Waals surface area contributed by atoms with Crippen LogP contribution in [0.2, 0.25) is 0 Å². The quantitative estimate of drug-likeness (QED) is 0.908. The van der Waals surface area contributed by atoms with Crippen LogP contribution in [0.5, 0.6) is 0 Å². The number of carbonyl (C=O) groups is 1. The summed E-state index contributed by atoms with van der Waals surface area (Å²) >= 11 is 0. The van der Waals surface area contributed by atoms with Crippen LogP contribution in [0.1, 0.15) is 47.6 Å². The van der Waals surface area contributed by atoms with E-state index in [9.17, 15) is 14.3 Å². The first kappa shape index (κ1) is 14.7. The lowest BCUT2D eigenvalue weighted by atomic mass is 9.91. The fraction of sp³-hybridized carbons (Fsp3) is 0.278. The van der Waals surface area contributed by atoms with Gasteiger partial charge in [0.25, 0.3) is 0 Å².